The predicted octanol–water partition coefficient (Wildman–Crippen LogP) is 0.729. The molecule has 1 saturated carbocycles. The molecule has 3 aliphatic rings. The highest BCUT2D eigenvalue weighted by molar-refractivity contribution is 5.79. The molecule has 0 radical (unpaired) electrons. The van der Waals surface area contributed by atoms with Crippen molar-refractivity contribution in [3.8, 4) is 0 Å². The number of likely N-dealkylation sites (tertiary alicyclic amines) is 1. The van der Waals surface area contributed by atoms with Gasteiger partial charge in [-0.25, -0.2) is 0 Å². The lowest BCUT2D eigenvalue weighted by Gasteiger charge is -2.33. The topological polar surface area (TPSA) is 44.4 Å². The standard InChI is InChI=1S/C14H25N3O/c18-14(11-2-1-7-15-10-11)16-12-5-8-17(9-6-12)13-3-4-13/h11-13,15H,1-10H2,(H,16,18)/t11-/m0/s1. The molecule has 0 aromatic carbocycles. The van der Waals surface area contributed by atoms with Crippen LogP contribution in [0.5, 0.6) is 0 Å². The van der Waals surface area contributed by atoms with Gasteiger partial charge in [-0.2, -0.15) is 0 Å². The highest BCUT2D eigenvalue weighted by atomic mass is 16.2. The second-order valence-corrected chi connectivity index (χ2v) is 6.09. The molecule has 0 aromatic heterocycles. The maximum absolute atomic E-state index is 12.1. The van der Waals surface area contributed by atoms with Crippen molar-refractivity contribution in [3.63, 3.8) is 0 Å². The summed E-state index contributed by atoms with van der Waals surface area (Å²) in [6.07, 6.45) is 7.26. The third kappa shape index (κ3) is 3.04. The Labute approximate surface area is 109 Å². The van der Waals surface area contributed by atoms with Crippen molar-refractivity contribution in [2.75, 3.05) is 26.2 Å². The van der Waals surface area contributed by atoms with Gasteiger partial charge in [-0.3, -0.25) is 4.79 Å². The largest absolute Gasteiger partial charge is 0.353 e. The van der Waals surface area contributed by atoms with Crippen LogP contribution >= 0.6 is 0 Å². The molecule has 0 bridgehead atoms. The van der Waals surface area contributed by atoms with Gasteiger partial charge in [0, 0.05) is 31.7 Å². The summed E-state index contributed by atoms with van der Waals surface area (Å²) in [7, 11) is 0. The van der Waals surface area contributed by atoms with Gasteiger partial charge in [0.15, 0.2) is 0 Å². The molecular formula is C14H25N3O. The minimum atomic E-state index is 0.209. The molecule has 2 N–H and O–H groups in total. The van der Waals surface area contributed by atoms with Crippen LogP contribution in [0.1, 0.15) is 38.5 Å². The first kappa shape index (κ1) is 12.4. The molecule has 2 heterocycles. The van der Waals surface area contributed by atoms with Crippen LogP contribution in [0.2, 0.25) is 0 Å². The summed E-state index contributed by atoms with van der Waals surface area (Å²) in [5, 5.41) is 6.58. The summed E-state index contributed by atoms with van der Waals surface area (Å²) < 4.78 is 0. The molecule has 4 heteroatoms. The van der Waals surface area contributed by atoms with Crippen LogP contribution in [0.25, 0.3) is 0 Å². The van der Waals surface area contributed by atoms with Crippen LogP contribution in [-0.2, 0) is 4.79 Å². The Kier molecular flexibility index (Phi) is 3.85. The smallest absolute Gasteiger partial charge is 0.224 e. The van der Waals surface area contributed by atoms with Crippen molar-refractivity contribution < 1.29 is 4.79 Å². The molecule has 4 nitrogen and oxygen atoms in total. The minimum Gasteiger partial charge on any atom is -0.353 e. The van der Waals surface area contributed by atoms with Crippen LogP contribution in [-0.4, -0.2) is 49.1 Å². The zero-order valence-corrected chi connectivity index (χ0v) is 11.2. The molecule has 2 saturated heterocycles. The normalized spacial score (nSPS) is 31.2. The Morgan fingerprint density at radius 1 is 1.11 bits per heavy atom. The molecule has 1 amide bonds. The lowest BCUT2D eigenvalue weighted by atomic mass is 9.97. The lowest BCUT2D eigenvalue weighted by Crippen LogP contribution is -2.49. The summed E-state index contributed by atoms with van der Waals surface area (Å²) in [6, 6.07) is 1.30. The maximum atomic E-state index is 12.1. The fraction of sp³-hybridized carbons (Fsp3) is 0.929. The van der Waals surface area contributed by atoms with E-state index in [2.05, 4.69) is 15.5 Å². The molecular weight excluding hydrogens is 226 g/mol. The number of amides is 1. The Morgan fingerprint density at radius 3 is 2.50 bits per heavy atom. The van der Waals surface area contributed by atoms with Crippen LogP contribution in [0, 0.1) is 5.92 Å². The molecule has 0 spiro atoms. The Balaban J connectivity index is 1.41. The zero-order chi connectivity index (χ0) is 12.4. The molecule has 0 aromatic rings. The number of piperidine rings is 2. The molecule has 2 aliphatic heterocycles. The van der Waals surface area contributed by atoms with E-state index >= 15 is 0 Å². The van der Waals surface area contributed by atoms with Gasteiger partial charge in [-0.05, 0) is 45.1 Å². The third-order valence-corrected chi connectivity index (χ3v) is 4.61. The van der Waals surface area contributed by atoms with Gasteiger partial charge >= 0.3 is 0 Å². The second-order valence-electron chi connectivity index (χ2n) is 6.09. The van der Waals surface area contributed by atoms with Crippen molar-refractivity contribution in [2.45, 2.75) is 50.6 Å². The SMILES string of the molecule is O=C(NC1CCN(C2CC2)CC1)[C@H]1CCCNC1. The third-order valence-electron chi connectivity index (χ3n) is 4.61. The van der Waals surface area contributed by atoms with Crippen molar-refractivity contribution in [1.29, 1.82) is 0 Å². The highest BCUT2D eigenvalue weighted by Crippen LogP contribution is 2.29. The molecule has 1 aliphatic carbocycles. The van der Waals surface area contributed by atoms with Gasteiger partial charge in [0.05, 0.1) is 5.92 Å². The van der Waals surface area contributed by atoms with Gasteiger partial charge in [0.25, 0.3) is 0 Å². The first-order chi connectivity index (χ1) is 8.83. The fourth-order valence-electron chi connectivity index (χ4n) is 3.24. The number of nitrogens with zero attached hydrogens (tertiary/aromatic N) is 1. The Morgan fingerprint density at radius 2 is 1.89 bits per heavy atom. The van der Waals surface area contributed by atoms with Gasteiger partial charge in [0.1, 0.15) is 0 Å². The first-order valence-corrected chi connectivity index (χ1v) is 7.58. The summed E-state index contributed by atoms with van der Waals surface area (Å²) in [5.74, 6) is 0.493. The quantitative estimate of drug-likeness (QED) is 0.777. The molecule has 0 unspecified atom stereocenters. The van der Waals surface area contributed by atoms with E-state index in [1.807, 2.05) is 0 Å². The highest BCUT2D eigenvalue weighted by Gasteiger charge is 2.32. The second kappa shape index (κ2) is 5.57. The van der Waals surface area contributed by atoms with E-state index in [1.165, 1.54) is 25.9 Å². The summed E-state index contributed by atoms with van der Waals surface area (Å²) in [4.78, 5) is 14.7. The molecule has 3 rings (SSSR count). The number of carbonyl (C=O) groups excluding carboxylic acids is 1. The molecule has 18 heavy (non-hydrogen) atoms. The van der Waals surface area contributed by atoms with E-state index in [0.29, 0.717) is 6.04 Å². The number of hydrogen-bond donors (Lipinski definition) is 2. The van der Waals surface area contributed by atoms with Gasteiger partial charge in [-0.1, -0.05) is 0 Å². The Hall–Kier alpha value is -0.610. The van der Waals surface area contributed by atoms with Gasteiger partial charge < -0.3 is 15.5 Å². The Bertz CT molecular complexity index is 289. The summed E-state index contributed by atoms with van der Waals surface area (Å²) in [5.41, 5.74) is 0. The number of hydrogen-bond acceptors (Lipinski definition) is 3. The van der Waals surface area contributed by atoms with Crippen molar-refractivity contribution in [1.82, 2.24) is 15.5 Å². The van der Waals surface area contributed by atoms with Crippen LogP contribution in [0.15, 0.2) is 0 Å². The number of rotatable bonds is 3. The van der Waals surface area contributed by atoms with E-state index in [0.717, 1.165) is 44.8 Å². The van der Waals surface area contributed by atoms with Gasteiger partial charge in [0.2, 0.25) is 5.91 Å². The van der Waals surface area contributed by atoms with Crippen LogP contribution in [0.3, 0.4) is 0 Å². The number of nitrogens with one attached hydrogen (secondary N) is 2. The van der Waals surface area contributed by atoms with Crippen LogP contribution < -0.4 is 10.6 Å². The molecule has 1 atom stereocenters. The average Bonchev–Trinajstić information content (AvgIpc) is 3.25. The monoisotopic (exact) mass is 251 g/mol. The predicted molar refractivity (Wildman–Crippen MR) is 71.4 cm³/mol. The first-order valence-electron chi connectivity index (χ1n) is 7.58. The van der Waals surface area contributed by atoms with Crippen LogP contribution in [0.4, 0.5) is 0 Å². The minimum absolute atomic E-state index is 0.209. The van der Waals surface area contributed by atoms with E-state index in [4.69, 9.17) is 0 Å². The van der Waals surface area contributed by atoms with E-state index in [9.17, 15) is 4.79 Å². The molecule has 102 valence electrons. The van der Waals surface area contributed by atoms with Crippen molar-refractivity contribution in [3.05, 3.63) is 0 Å². The van der Waals surface area contributed by atoms with E-state index < -0.39 is 0 Å². The van der Waals surface area contributed by atoms with Gasteiger partial charge in [-0.15, -0.1) is 0 Å². The maximum Gasteiger partial charge on any atom is 0.224 e. The molecule has 3 fully saturated rings. The van der Waals surface area contributed by atoms with Crippen molar-refractivity contribution in [2.24, 2.45) is 5.92 Å². The fourth-order valence-corrected chi connectivity index (χ4v) is 3.24. The summed E-state index contributed by atoms with van der Waals surface area (Å²) in [6.45, 7) is 4.30. The zero-order valence-electron chi connectivity index (χ0n) is 11.2. The van der Waals surface area contributed by atoms with E-state index in [-0.39, 0.29) is 11.8 Å². The van der Waals surface area contributed by atoms with E-state index in [1.54, 1.807) is 0 Å². The summed E-state index contributed by atoms with van der Waals surface area (Å²) >= 11 is 0. The number of carbonyl (C=O) groups is 1. The average molecular weight is 251 g/mol. The van der Waals surface area contributed by atoms with Crippen molar-refractivity contribution >= 4 is 5.91 Å². The lowest BCUT2D eigenvalue weighted by molar-refractivity contribution is -0.126.